The van der Waals surface area contributed by atoms with Crippen LogP contribution >= 0.6 is 12.4 Å². The summed E-state index contributed by atoms with van der Waals surface area (Å²) in [5.74, 6) is -0.589. The quantitative estimate of drug-likeness (QED) is 0.790. The standard InChI is InChI=1S/C14H20N2O3.ClH/c1-3-5-12(15)13(17)16-11-8-6-10(7-9-11)14(18)19-4-2;/h6-9,12H,3-5,15H2,1-2H3,(H,16,17);1H. The topological polar surface area (TPSA) is 81.4 Å². The van der Waals surface area contributed by atoms with Crippen LogP contribution in [0.2, 0.25) is 0 Å². The molecule has 112 valence electrons. The second-order valence-electron chi connectivity index (χ2n) is 4.18. The average molecular weight is 301 g/mol. The summed E-state index contributed by atoms with van der Waals surface area (Å²) in [4.78, 5) is 23.1. The van der Waals surface area contributed by atoms with Crippen LogP contribution < -0.4 is 11.1 Å². The lowest BCUT2D eigenvalue weighted by molar-refractivity contribution is -0.117. The van der Waals surface area contributed by atoms with Crippen LogP contribution in [0.5, 0.6) is 0 Å². The smallest absolute Gasteiger partial charge is 0.338 e. The Hall–Kier alpha value is -1.59. The third-order valence-corrected chi connectivity index (χ3v) is 2.60. The van der Waals surface area contributed by atoms with Gasteiger partial charge < -0.3 is 15.8 Å². The summed E-state index contributed by atoms with van der Waals surface area (Å²) < 4.78 is 4.87. The molecule has 0 radical (unpaired) electrons. The Kier molecular flexibility index (Phi) is 8.59. The van der Waals surface area contributed by atoms with Gasteiger partial charge in [-0.2, -0.15) is 0 Å². The molecule has 1 rings (SSSR count). The molecular formula is C14H21ClN2O3. The van der Waals surface area contributed by atoms with Gasteiger partial charge in [0.05, 0.1) is 18.2 Å². The van der Waals surface area contributed by atoms with E-state index >= 15 is 0 Å². The zero-order valence-electron chi connectivity index (χ0n) is 11.7. The van der Waals surface area contributed by atoms with Gasteiger partial charge in [0.15, 0.2) is 0 Å². The minimum absolute atomic E-state index is 0. The zero-order valence-corrected chi connectivity index (χ0v) is 12.5. The Morgan fingerprint density at radius 3 is 2.35 bits per heavy atom. The summed E-state index contributed by atoms with van der Waals surface area (Å²) in [6.07, 6.45) is 1.50. The number of benzene rings is 1. The molecule has 0 bridgehead atoms. The van der Waals surface area contributed by atoms with Crippen molar-refractivity contribution in [1.29, 1.82) is 0 Å². The average Bonchev–Trinajstić information content (AvgIpc) is 2.40. The highest BCUT2D eigenvalue weighted by Crippen LogP contribution is 2.11. The first-order valence-corrected chi connectivity index (χ1v) is 6.42. The van der Waals surface area contributed by atoms with Gasteiger partial charge in [-0.05, 0) is 37.6 Å². The molecule has 0 heterocycles. The van der Waals surface area contributed by atoms with Crippen LogP contribution in [-0.4, -0.2) is 24.5 Å². The van der Waals surface area contributed by atoms with Gasteiger partial charge in [0, 0.05) is 5.69 Å². The molecule has 3 N–H and O–H groups in total. The molecular weight excluding hydrogens is 280 g/mol. The van der Waals surface area contributed by atoms with Gasteiger partial charge in [-0.1, -0.05) is 13.3 Å². The van der Waals surface area contributed by atoms with Gasteiger partial charge in [-0.25, -0.2) is 4.79 Å². The van der Waals surface area contributed by atoms with Crippen molar-refractivity contribution < 1.29 is 14.3 Å². The molecule has 20 heavy (non-hydrogen) atoms. The van der Waals surface area contributed by atoms with E-state index in [1.54, 1.807) is 31.2 Å². The zero-order chi connectivity index (χ0) is 14.3. The molecule has 0 spiro atoms. The minimum atomic E-state index is -0.505. The van der Waals surface area contributed by atoms with Crippen LogP contribution in [0.15, 0.2) is 24.3 Å². The Morgan fingerprint density at radius 1 is 1.25 bits per heavy atom. The molecule has 1 aromatic rings. The first kappa shape index (κ1) is 18.4. The number of ether oxygens (including phenoxy) is 1. The van der Waals surface area contributed by atoms with E-state index in [4.69, 9.17) is 10.5 Å². The Bertz CT molecular complexity index is 435. The van der Waals surface area contributed by atoms with Gasteiger partial charge in [0.1, 0.15) is 0 Å². The second-order valence-corrected chi connectivity index (χ2v) is 4.18. The predicted octanol–water partition coefficient (Wildman–Crippen LogP) is 2.35. The number of esters is 1. The van der Waals surface area contributed by atoms with E-state index in [9.17, 15) is 9.59 Å². The number of amides is 1. The van der Waals surface area contributed by atoms with Crippen LogP contribution in [0, 0.1) is 0 Å². The highest BCUT2D eigenvalue weighted by Gasteiger charge is 2.12. The second kappa shape index (κ2) is 9.34. The number of halogens is 1. The molecule has 0 saturated heterocycles. The lowest BCUT2D eigenvalue weighted by atomic mass is 10.1. The van der Waals surface area contributed by atoms with E-state index in [0.29, 0.717) is 24.3 Å². The Balaban J connectivity index is 0.00000361. The van der Waals surface area contributed by atoms with E-state index in [1.165, 1.54) is 0 Å². The van der Waals surface area contributed by atoms with Gasteiger partial charge in [-0.15, -0.1) is 12.4 Å². The number of nitrogens with one attached hydrogen (secondary N) is 1. The molecule has 0 saturated carbocycles. The van der Waals surface area contributed by atoms with E-state index < -0.39 is 6.04 Å². The monoisotopic (exact) mass is 300 g/mol. The molecule has 0 fully saturated rings. The summed E-state index contributed by atoms with van der Waals surface area (Å²) >= 11 is 0. The molecule has 0 aliphatic heterocycles. The molecule has 0 aromatic heterocycles. The van der Waals surface area contributed by atoms with Crippen molar-refractivity contribution in [3.63, 3.8) is 0 Å². The molecule has 5 nitrogen and oxygen atoms in total. The van der Waals surface area contributed by atoms with Crippen molar-refractivity contribution in [3.8, 4) is 0 Å². The number of anilines is 1. The summed E-state index contributed by atoms with van der Waals surface area (Å²) in [5.41, 5.74) is 6.78. The van der Waals surface area contributed by atoms with Crippen molar-refractivity contribution in [2.75, 3.05) is 11.9 Å². The van der Waals surface area contributed by atoms with E-state index in [-0.39, 0.29) is 24.3 Å². The van der Waals surface area contributed by atoms with E-state index in [1.807, 2.05) is 6.92 Å². The van der Waals surface area contributed by atoms with Gasteiger partial charge in [-0.3, -0.25) is 4.79 Å². The first-order chi connectivity index (χ1) is 9.08. The molecule has 1 amide bonds. The third-order valence-electron chi connectivity index (χ3n) is 2.60. The highest BCUT2D eigenvalue weighted by atomic mass is 35.5. The summed E-state index contributed by atoms with van der Waals surface area (Å²) in [6, 6.07) is 6.03. The first-order valence-electron chi connectivity index (χ1n) is 6.42. The maximum Gasteiger partial charge on any atom is 0.338 e. The molecule has 1 unspecified atom stereocenters. The number of carbonyl (C=O) groups is 2. The predicted molar refractivity (Wildman–Crippen MR) is 81.2 cm³/mol. The molecule has 6 heteroatoms. The largest absolute Gasteiger partial charge is 0.462 e. The van der Waals surface area contributed by atoms with E-state index in [0.717, 1.165) is 6.42 Å². The normalized spacial score (nSPS) is 11.2. The lowest BCUT2D eigenvalue weighted by Gasteiger charge is -2.11. The number of hydrogen-bond acceptors (Lipinski definition) is 4. The summed E-state index contributed by atoms with van der Waals surface area (Å²) in [6.45, 7) is 4.06. The Morgan fingerprint density at radius 2 is 1.85 bits per heavy atom. The van der Waals surface area contributed by atoms with Crippen LogP contribution in [0.4, 0.5) is 5.69 Å². The van der Waals surface area contributed by atoms with E-state index in [2.05, 4.69) is 5.32 Å². The van der Waals surface area contributed by atoms with Crippen molar-refractivity contribution in [3.05, 3.63) is 29.8 Å². The maximum absolute atomic E-state index is 11.7. The fourth-order valence-electron chi connectivity index (χ4n) is 1.58. The minimum Gasteiger partial charge on any atom is -0.462 e. The van der Waals surface area contributed by atoms with Gasteiger partial charge >= 0.3 is 5.97 Å². The van der Waals surface area contributed by atoms with Crippen molar-refractivity contribution in [2.24, 2.45) is 5.73 Å². The summed E-state index contributed by atoms with van der Waals surface area (Å²) in [7, 11) is 0. The number of nitrogens with two attached hydrogens (primary N) is 1. The highest BCUT2D eigenvalue weighted by molar-refractivity contribution is 5.95. The molecule has 0 aliphatic rings. The summed E-state index contributed by atoms with van der Waals surface area (Å²) in [5, 5.41) is 2.71. The maximum atomic E-state index is 11.7. The fraction of sp³-hybridized carbons (Fsp3) is 0.429. The number of rotatable bonds is 6. The lowest BCUT2D eigenvalue weighted by Crippen LogP contribution is -2.35. The number of carbonyl (C=O) groups excluding carboxylic acids is 2. The van der Waals surface area contributed by atoms with Crippen LogP contribution in [0.1, 0.15) is 37.0 Å². The van der Waals surface area contributed by atoms with Crippen molar-refractivity contribution in [1.82, 2.24) is 0 Å². The fourth-order valence-corrected chi connectivity index (χ4v) is 1.58. The third kappa shape index (κ3) is 5.59. The molecule has 1 aromatic carbocycles. The SMILES string of the molecule is CCCC(N)C(=O)Nc1ccc(C(=O)OCC)cc1.Cl. The van der Waals surface area contributed by atoms with Crippen molar-refractivity contribution >= 4 is 30.0 Å². The number of hydrogen-bond donors (Lipinski definition) is 2. The molecule has 1 atom stereocenters. The van der Waals surface area contributed by atoms with Crippen molar-refractivity contribution in [2.45, 2.75) is 32.7 Å². The molecule has 0 aliphatic carbocycles. The van der Waals surface area contributed by atoms with Gasteiger partial charge in [0.2, 0.25) is 5.91 Å². The van der Waals surface area contributed by atoms with Crippen LogP contribution in [-0.2, 0) is 9.53 Å². The Labute approximate surface area is 125 Å². The van der Waals surface area contributed by atoms with Crippen LogP contribution in [0.25, 0.3) is 0 Å². The van der Waals surface area contributed by atoms with Gasteiger partial charge in [0.25, 0.3) is 0 Å². The van der Waals surface area contributed by atoms with Crippen LogP contribution in [0.3, 0.4) is 0 Å².